The largest absolute Gasteiger partial charge is 0.337 e. The highest BCUT2D eigenvalue weighted by Gasteiger charge is 2.18. The normalized spacial score (nSPS) is 11.1. The van der Waals surface area contributed by atoms with Crippen LogP contribution in [-0.4, -0.2) is 5.03 Å². The average molecular weight is 346 g/mol. The Labute approximate surface area is 149 Å². The van der Waals surface area contributed by atoms with Crippen LogP contribution in [0.1, 0.15) is 0 Å². The van der Waals surface area contributed by atoms with Gasteiger partial charge in [0.2, 0.25) is 5.22 Å². The van der Waals surface area contributed by atoms with Gasteiger partial charge in [0.05, 0.1) is 16.4 Å². The van der Waals surface area contributed by atoms with E-state index in [9.17, 15) is 10.1 Å². The summed E-state index contributed by atoms with van der Waals surface area (Å²) < 4.78 is 0. The van der Waals surface area contributed by atoms with E-state index < -0.39 is 5.03 Å². The molecule has 0 amide bonds. The van der Waals surface area contributed by atoms with Crippen molar-refractivity contribution >= 4 is 22.7 Å². The maximum atomic E-state index is 10.6. The molecule has 128 valence electrons. The van der Waals surface area contributed by atoms with Crippen molar-refractivity contribution in [2.24, 2.45) is 20.7 Å². The number of nitrogens with zero attached hydrogens (tertiary/aromatic N) is 6. The molecule has 0 aromatic heterocycles. The first-order valence-corrected chi connectivity index (χ1v) is 7.71. The first-order chi connectivity index (χ1) is 12.7. The molecular formula is C18H14N6O2. The molecule has 0 spiro atoms. The summed E-state index contributed by atoms with van der Waals surface area (Å²) in [6.45, 7) is 0. The Morgan fingerprint density at radius 2 is 1.38 bits per heavy atom. The van der Waals surface area contributed by atoms with Crippen molar-refractivity contribution in [2.45, 2.75) is 0 Å². The number of benzene rings is 3. The fourth-order valence-electron chi connectivity index (χ4n) is 2.21. The zero-order chi connectivity index (χ0) is 18.2. The van der Waals surface area contributed by atoms with Crippen LogP contribution in [0.3, 0.4) is 0 Å². The topological polar surface area (TPSA) is 95.8 Å². The molecule has 3 rings (SSSR count). The van der Waals surface area contributed by atoms with E-state index in [2.05, 4.69) is 20.7 Å². The Morgan fingerprint density at radius 1 is 0.769 bits per heavy atom. The summed E-state index contributed by atoms with van der Waals surface area (Å²) in [5, 5.41) is 26.4. The minimum absolute atomic E-state index is 0.502. The van der Waals surface area contributed by atoms with E-state index in [0.29, 0.717) is 22.7 Å². The predicted molar refractivity (Wildman–Crippen MR) is 97.5 cm³/mol. The molecule has 0 N–H and O–H groups in total. The monoisotopic (exact) mass is 346 g/mol. The van der Waals surface area contributed by atoms with Gasteiger partial charge in [0.25, 0.3) is 0 Å². The van der Waals surface area contributed by atoms with Gasteiger partial charge >= 0.3 is 0 Å². The number of rotatable bonds is 6. The zero-order valence-corrected chi connectivity index (χ0v) is 13.6. The SMILES string of the molecule is O=[N+]([O-])/N=N\N(c1ccccc1)c1ccccc1/N=N/c1ccccc1. The fourth-order valence-corrected chi connectivity index (χ4v) is 2.21. The van der Waals surface area contributed by atoms with E-state index in [1.54, 1.807) is 48.5 Å². The lowest BCUT2D eigenvalue weighted by Crippen LogP contribution is -2.08. The molecule has 0 bridgehead atoms. The minimum Gasteiger partial charge on any atom is -0.337 e. The van der Waals surface area contributed by atoms with Crippen LogP contribution in [-0.2, 0) is 0 Å². The highest BCUT2D eigenvalue weighted by atomic mass is 16.7. The van der Waals surface area contributed by atoms with Crippen LogP contribution in [0.4, 0.5) is 22.7 Å². The number of anilines is 2. The van der Waals surface area contributed by atoms with Gasteiger partial charge in [0, 0.05) is 0 Å². The van der Waals surface area contributed by atoms with E-state index in [1.165, 1.54) is 5.01 Å². The number of hydrogen-bond acceptors (Lipinski definition) is 5. The maximum Gasteiger partial charge on any atom is 0.208 e. The quantitative estimate of drug-likeness (QED) is 0.320. The fraction of sp³-hybridized carbons (Fsp3) is 0. The molecule has 8 heteroatoms. The number of azo groups is 1. The van der Waals surface area contributed by atoms with Gasteiger partial charge in [-0.15, -0.1) is 10.1 Å². The van der Waals surface area contributed by atoms with Crippen molar-refractivity contribution in [3.8, 4) is 0 Å². The van der Waals surface area contributed by atoms with Crippen molar-refractivity contribution < 1.29 is 5.03 Å². The first-order valence-electron chi connectivity index (χ1n) is 7.71. The molecule has 8 nitrogen and oxygen atoms in total. The van der Waals surface area contributed by atoms with Crippen LogP contribution in [0.25, 0.3) is 0 Å². The molecule has 0 aliphatic heterocycles. The van der Waals surface area contributed by atoms with E-state index in [-0.39, 0.29) is 0 Å². The van der Waals surface area contributed by atoms with Crippen molar-refractivity contribution in [3.05, 3.63) is 95.0 Å². The third kappa shape index (κ3) is 4.32. The highest BCUT2D eigenvalue weighted by Crippen LogP contribution is 2.35. The molecule has 0 radical (unpaired) electrons. The predicted octanol–water partition coefficient (Wildman–Crippen LogP) is 5.80. The molecule has 0 saturated carbocycles. The molecule has 0 aliphatic rings. The summed E-state index contributed by atoms with van der Waals surface area (Å²) in [5.41, 5.74) is 2.33. The third-order valence-corrected chi connectivity index (χ3v) is 3.34. The van der Waals surface area contributed by atoms with Crippen molar-refractivity contribution in [2.75, 3.05) is 5.01 Å². The van der Waals surface area contributed by atoms with Crippen molar-refractivity contribution in [1.82, 2.24) is 0 Å². The molecule has 26 heavy (non-hydrogen) atoms. The van der Waals surface area contributed by atoms with Crippen molar-refractivity contribution in [3.63, 3.8) is 0 Å². The van der Waals surface area contributed by atoms with Gasteiger partial charge in [-0.2, -0.15) is 5.11 Å². The second-order valence-electron chi connectivity index (χ2n) is 5.09. The number of hydrogen-bond donors (Lipinski definition) is 0. The second-order valence-corrected chi connectivity index (χ2v) is 5.09. The summed E-state index contributed by atoms with van der Waals surface area (Å²) in [5.74, 6) is 0. The summed E-state index contributed by atoms with van der Waals surface area (Å²) in [4.78, 5) is 10.6. The molecular weight excluding hydrogens is 332 g/mol. The first kappa shape index (κ1) is 16.9. The summed E-state index contributed by atoms with van der Waals surface area (Å²) in [6, 6.07) is 25.3. The second kappa shape index (κ2) is 8.25. The van der Waals surface area contributed by atoms with E-state index in [1.807, 2.05) is 36.4 Å². The van der Waals surface area contributed by atoms with Gasteiger partial charge in [-0.3, -0.25) is 0 Å². The van der Waals surface area contributed by atoms with Gasteiger partial charge < -0.3 is 10.1 Å². The van der Waals surface area contributed by atoms with Gasteiger partial charge in [-0.25, -0.2) is 0 Å². The van der Waals surface area contributed by atoms with Crippen LogP contribution in [0, 0.1) is 10.1 Å². The lowest BCUT2D eigenvalue weighted by Gasteiger charge is -2.13. The van der Waals surface area contributed by atoms with Gasteiger partial charge in [-0.05, 0) is 36.4 Å². The van der Waals surface area contributed by atoms with Crippen LogP contribution in [0.15, 0.2) is 106 Å². The lowest BCUT2D eigenvalue weighted by atomic mass is 10.2. The third-order valence-electron chi connectivity index (χ3n) is 3.34. The number of para-hydroxylation sites is 2. The minimum atomic E-state index is -0.857. The Hall–Kier alpha value is -3.94. The Morgan fingerprint density at radius 3 is 2.08 bits per heavy atom. The molecule has 0 aliphatic carbocycles. The molecule has 0 heterocycles. The molecule has 0 fully saturated rings. The van der Waals surface area contributed by atoms with Crippen LogP contribution in [0.5, 0.6) is 0 Å². The van der Waals surface area contributed by atoms with Gasteiger partial charge in [-0.1, -0.05) is 48.5 Å². The highest BCUT2D eigenvalue weighted by molar-refractivity contribution is 5.73. The smallest absolute Gasteiger partial charge is 0.208 e. The van der Waals surface area contributed by atoms with E-state index >= 15 is 0 Å². The lowest BCUT2D eigenvalue weighted by molar-refractivity contribution is -0.494. The summed E-state index contributed by atoms with van der Waals surface area (Å²) >= 11 is 0. The molecule has 0 saturated heterocycles. The maximum absolute atomic E-state index is 10.6. The summed E-state index contributed by atoms with van der Waals surface area (Å²) in [7, 11) is 0. The standard InChI is InChI=1S/C18H14N6O2/c25-24(26)22-21-23(16-11-5-2-6-12-16)18-14-8-7-13-17(18)20-19-15-9-3-1-4-10-15/h1-14H/b20-19+,22-21-. The van der Waals surface area contributed by atoms with E-state index in [4.69, 9.17) is 0 Å². The van der Waals surface area contributed by atoms with Crippen molar-refractivity contribution in [1.29, 1.82) is 0 Å². The summed E-state index contributed by atoms with van der Waals surface area (Å²) in [6.07, 6.45) is 0. The Bertz CT molecular complexity index is 929. The van der Waals surface area contributed by atoms with Gasteiger partial charge in [0.15, 0.2) is 5.22 Å². The molecule has 3 aromatic carbocycles. The average Bonchev–Trinajstić information content (AvgIpc) is 2.69. The molecule has 0 unspecified atom stereocenters. The number of nitro groups is 1. The van der Waals surface area contributed by atoms with Gasteiger partial charge in [0.1, 0.15) is 11.4 Å². The van der Waals surface area contributed by atoms with Crippen LogP contribution in [0.2, 0.25) is 0 Å². The Balaban J connectivity index is 2.02. The molecule has 0 atom stereocenters. The Kier molecular flexibility index (Phi) is 5.36. The van der Waals surface area contributed by atoms with Crippen LogP contribution < -0.4 is 5.01 Å². The van der Waals surface area contributed by atoms with E-state index in [0.717, 1.165) is 0 Å². The molecule has 3 aromatic rings. The van der Waals surface area contributed by atoms with Crippen LogP contribution >= 0.6 is 0 Å². The zero-order valence-electron chi connectivity index (χ0n) is 13.6.